The molecule has 0 fully saturated rings. The van der Waals surface area contributed by atoms with E-state index >= 15 is 0 Å². The summed E-state index contributed by atoms with van der Waals surface area (Å²) >= 11 is 0. The Morgan fingerprint density at radius 3 is 2.62 bits per heavy atom. The smallest absolute Gasteiger partial charge is 0.335 e. The molecule has 0 atom stereocenters. The van der Waals surface area contributed by atoms with Crippen LogP contribution >= 0.6 is 0 Å². The Morgan fingerprint density at radius 2 is 1.81 bits per heavy atom. The van der Waals surface area contributed by atoms with Gasteiger partial charge in [-0.15, -0.1) is 0 Å². The van der Waals surface area contributed by atoms with Gasteiger partial charge in [0.1, 0.15) is 12.1 Å². The SMILES string of the molecule is CCCc1cc(-c2cc(NCCc3ccc4ccccc4c3C)ncn2)ccc1C(=O)O. The number of carboxylic acids is 1. The van der Waals surface area contributed by atoms with Gasteiger partial charge in [-0.05, 0) is 59.4 Å². The lowest BCUT2D eigenvalue weighted by molar-refractivity contribution is 0.0695. The maximum atomic E-state index is 11.5. The molecule has 0 radical (unpaired) electrons. The molecule has 2 N–H and O–H groups in total. The van der Waals surface area contributed by atoms with E-state index in [0.29, 0.717) is 5.56 Å². The molecule has 5 nitrogen and oxygen atoms in total. The van der Waals surface area contributed by atoms with E-state index in [4.69, 9.17) is 0 Å². The van der Waals surface area contributed by atoms with E-state index in [1.807, 2.05) is 25.1 Å². The molecule has 5 heteroatoms. The van der Waals surface area contributed by atoms with Crippen LogP contribution in [-0.2, 0) is 12.8 Å². The number of benzene rings is 3. The van der Waals surface area contributed by atoms with Crippen molar-refractivity contribution < 1.29 is 9.90 Å². The van der Waals surface area contributed by atoms with Gasteiger partial charge in [-0.2, -0.15) is 0 Å². The standard InChI is InChI=1S/C27H27N3O2/c1-3-6-21-15-22(11-12-24(21)27(31)32)25-16-26(30-17-29-25)28-14-13-19-9-10-20-7-4-5-8-23(20)18(19)2/h4-5,7-12,15-17H,3,6,13-14H2,1-2H3,(H,31,32)(H,28,29,30). The highest BCUT2D eigenvalue weighted by Crippen LogP contribution is 2.24. The minimum Gasteiger partial charge on any atom is -0.478 e. The van der Waals surface area contributed by atoms with Gasteiger partial charge in [-0.3, -0.25) is 0 Å². The number of fused-ring (bicyclic) bond motifs is 1. The van der Waals surface area contributed by atoms with Crippen LogP contribution in [0, 0.1) is 6.92 Å². The Hall–Kier alpha value is -3.73. The molecule has 0 unspecified atom stereocenters. The third-order valence-corrected chi connectivity index (χ3v) is 5.83. The number of rotatable bonds is 8. The van der Waals surface area contributed by atoms with Crippen molar-refractivity contribution in [3.05, 3.63) is 89.2 Å². The lowest BCUT2D eigenvalue weighted by Gasteiger charge is -2.12. The van der Waals surface area contributed by atoms with Crippen LogP contribution in [-0.4, -0.2) is 27.6 Å². The van der Waals surface area contributed by atoms with Crippen molar-refractivity contribution in [3.63, 3.8) is 0 Å². The van der Waals surface area contributed by atoms with Gasteiger partial charge in [0, 0.05) is 18.2 Å². The number of carboxylic acid groups (broad SMARTS) is 1. The highest BCUT2D eigenvalue weighted by molar-refractivity contribution is 5.90. The summed E-state index contributed by atoms with van der Waals surface area (Å²) in [5, 5.41) is 15.4. The van der Waals surface area contributed by atoms with E-state index < -0.39 is 5.97 Å². The van der Waals surface area contributed by atoms with Gasteiger partial charge in [0.2, 0.25) is 0 Å². The van der Waals surface area contributed by atoms with Crippen molar-refractivity contribution >= 4 is 22.6 Å². The lowest BCUT2D eigenvalue weighted by Crippen LogP contribution is -2.08. The first kappa shape index (κ1) is 21.5. The average molecular weight is 426 g/mol. The second kappa shape index (κ2) is 9.60. The van der Waals surface area contributed by atoms with E-state index in [-0.39, 0.29) is 0 Å². The van der Waals surface area contributed by atoms with Crippen LogP contribution in [0.3, 0.4) is 0 Å². The lowest BCUT2D eigenvalue weighted by atomic mass is 9.98. The molecule has 1 aromatic heterocycles. The van der Waals surface area contributed by atoms with Crippen molar-refractivity contribution in [2.45, 2.75) is 33.1 Å². The molecule has 4 rings (SSSR count). The van der Waals surface area contributed by atoms with Gasteiger partial charge in [0.05, 0.1) is 11.3 Å². The van der Waals surface area contributed by atoms with Crippen molar-refractivity contribution in [1.29, 1.82) is 0 Å². The number of anilines is 1. The second-order valence-electron chi connectivity index (χ2n) is 7.96. The topological polar surface area (TPSA) is 75.1 Å². The summed E-state index contributed by atoms with van der Waals surface area (Å²) in [7, 11) is 0. The zero-order valence-corrected chi connectivity index (χ0v) is 18.4. The Bertz CT molecular complexity index is 1270. The highest BCUT2D eigenvalue weighted by Gasteiger charge is 2.12. The van der Waals surface area contributed by atoms with Crippen LogP contribution in [0.25, 0.3) is 22.0 Å². The number of aryl methyl sites for hydroxylation is 2. The minimum atomic E-state index is -0.894. The van der Waals surface area contributed by atoms with Gasteiger partial charge in [-0.1, -0.05) is 55.8 Å². The summed E-state index contributed by atoms with van der Waals surface area (Å²) in [6.07, 6.45) is 4.04. The molecule has 0 saturated carbocycles. The third-order valence-electron chi connectivity index (χ3n) is 5.83. The first-order valence-electron chi connectivity index (χ1n) is 11.0. The molecule has 0 saturated heterocycles. The van der Waals surface area contributed by atoms with Gasteiger partial charge in [0.15, 0.2) is 0 Å². The maximum absolute atomic E-state index is 11.5. The maximum Gasteiger partial charge on any atom is 0.335 e. The summed E-state index contributed by atoms with van der Waals surface area (Å²) in [5.74, 6) is -0.137. The van der Waals surface area contributed by atoms with E-state index in [0.717, 1.165) is 48.4 Å². The number of carbonyl (C=O) groups is 1. The molecule has 0 bridgehead atoms. The van der Waals surface area contributed by atoms with Crippen LogP contribution < -0.4 is 5.32 Å². The van der Waals surface area contributed by atoms with Gasteiger partial charge in [0.25, 0.3) is 0 Å². The Morgan fingerprint density at radius 1 is 0.969 bits per heavy atom. The van der Waals surface area contributed by atoms with E-state index in [9.17, 15) is 9.90 Å². The predicted octanol–water partition coefficient (Wildman–Crippen LogP) is 5.91. The first-order valence-corrected chi connectivity index (χ1v) is 11.0. The zero-order valence-electron chi connectivity index (χ0n) is 18.4. The number of hydrogen-bond donors (Lipinski definition) is 2. The summed E-state index contributed by atoms with van der Waals surface area (Å²) in [5.41, 5.74) is 5.49. The Balaban J connectivity index is 1.49. The van der Waals surface area contributed by atoms with Crippen LogP contribution in [0.15, 0.2) is 67.0 Å². The van der Waals surface area contributed by atoms with Gasteiger partial charge >= 0.3 is 5.97 Å². The summed E-state index contributed by atoms with van der Waals surface area (Å²) in [6, 6.07) is 20.1. The number of aromatic carboxylic acids is 1. The zero-order chi connectivity index (χ0) is 22.5. The van der Waals surface area contributed by atoms with Gasteiger partial charge < -0.3 is 10.4 Å². The number of nitrogens with one attached hydrogen (secondary N) is 1. The molecular weight excluding hydrogens is 398 g/mol. The molecule has 0 spiro atoms. The number of hydrogen-bond acceptors (Lipinski definition) is 4. The quantitative estimate of drug-likeness (QED) is 0.367. The Kier molecular flexibility index (Phi) is 6.45. The van der Waals surface area contributed by atoms with Crippen molar-refractivity contribution in [1.82, 2.24) is 9.97 Å². The molecule has 0 aliphatic rings. The second-order valence-corrected chi connectivity index (χ2v) is 7.96. The molecule has 0 aliphatic heterocycles. The molecule has 4 aromatic rings. The number of aromatic nitrogens is 2. The fourth-order valence-electron chi connectivity index (χ4n) is 4.12. The van der Waals surface area contributed by atoms with Gasteiger partial charge in [-0.25, -0.2) is 14.8 Å². The summed E-state index contributed by atoms with van der Waals surface area (Å²) in [4.78, 5) is 20.3. The molecule has 32 heavy (non-hydrogen) atoms. The monoisotopic (exact) mass is 425 g/mol. The molecule has 162 valence electrons. The highest BCUT2D eigenvalue weighted by atomic mass is 16.4. The molecule has 3 aromatic carbocycles. The molecule has 1 heterocycles. The fraction of sp³-hybridized carbons (Fsp3) is 0.222. The molecular formula is C27H27N3O2. The Labute approximate surface area is 188 Å². The van der Waals surface area contributed by atoms with Crippen LogP contribution in [0.1, 0.15) is 40.4 Å². The van der Waals surface area contributed by atoms with E-state index in [2.05, 4.69) is 58.6 Å². The van der Waals surface area contributed by atoms with Crippen molar-refractivity contribution in [3.8, 4) is 11.3 Å². The van der Waals surface area contributed by atoms with Crippen molar-refractivity contribution in [2.75, 3.05) is 11.9 Å². The largest absolute Gasteiger partial charge is 0.478 e. The predicted molar refractivity (Wildman–Crippen MR) is 129 cm³/mol. The van der Waals surface area contributed by atoms with Crippen molar-refractivity contribution in [2.24, 2.45) is 0 Å². The third kappa shape index (κ3) is 4.62. The van der Waals surface area contributed by atoms with E-state index in [1.165, 1.54) is 21.9 Å². The molecule has 0 amide bonds. The normalized spacial score (nSPS) is 10.9. The molecule has 0 aliphatic carbocycles. The summed E-state index contributed by atoms with van der Waals surface area (Å²) in [6.45, 7) is 4.98. The number of nitrogens with zero attached hydrogens (tertiary/aromatic N) is 2. The van der Waals surface area contributed by atoms with Crippen LogP contribution in [0.4, 0.5) is 5.82 Å². The first-order chi connectivity index (χ1) is 15.6. The summed E-state index contributed by atoms with van der Waals surface area (Å²) < 4.78 is 0. The van der Waals surface area contributed by atoms with E-state index in [1.54, 1.807) is 12.4 Å². The van der Waals surface area contributed by atoms with Crippen LogP contribution in [0.5, 0.6) is 0 Å². The average Bonchev–Trinajstić information content (AvgIpc) is 2.81. The van der Waals surface area contributed by atoms with Crippen LogP contribution in [0.2, 0.25) is 0 Å². The fourth-order valence-corrected chi connectivity index (χ4v) is 4.12. The minimum absolute atomic E-state index is 0.355.